The van der Waals surface area contributed by atoms with E-state index < -0.39 is 0 Å². The Morgan fingerprint density at radius 1 is 1.05 bits per heavy atom. The molecule has 2 atom stereocenters. The molecule has 1 N–H and O–H groups in total. The lowest BCUT2D eigenvalue weighted by Gasteiger charge is -2.43. The summed E-state index contributed by atoms with van der Waals surface area (Å²) in [6.45, 7) is 9.98. The third-order valence-corrected chi connectivity index (χ3v) is 5.38. The number of nitrogens with zero attached hydrogens (tertiary/aromatic N) is 2. The summed E-state index contributed by atoms with van der Waals surface area (Å²) in [5.74, 6) is 0. The molecule has 2 saturated heterocycles. The molecule has 0 aromatic carbocycles. The van der Waals surface area contributed by atoms with Gasteiger partial charge >= 0.3 is 0 Å². The van der Waals surface area contributed by atoms with Gasteiger partial charge in [0.25, 0.3) is 0 Å². The standard InChI is InChI=1S/C16H33N3/c1-4-16(17-3)14(2)18-12-8-15(9-13-18)19-10-6-5-7-11-19/h14-17H,4-13H2,1-3H3. The summed E-state index contributed by atoms with van der Waals surface area (Å²) in [6, 6.07) is 2.20. The van der Waals surface area contributed by atoms with Gasteiger partial charge < -0.3 is 10.2 Å². The molecular formula is C16H33N3. The van der Waals surface area contributed by atoms with Crippen molar-refractivity contribution >= 4 is 0 Å². The van der Waals surface area contributed by atoms with Gasteiger partial charge in [0.1, 0.15) is 0 Å². The number of likely N-dealkylation sites (tertiary alicyclic amines) is 2. The van der Waals surface area contributed by atoms with Gasteiger partial charge in [-0.2, -0.15) is 0 Å². The Morgan fingerprint density at radius 2 is 1.68 bits per heavy atom. The van der Waals surface area contributed by atoms with Gasteiger partial charge in [0.15, 0.2) is 0 Å². The summed E-state index contributed by atoms with van der Waals surface area (Å²) in [4.78, 5) is 5.46. The van der Waals surface area contributed by atoms with Crippen molar-refractivity contribution in [2.24, 2.45) is 0 Å². The predicted octanol–water partition coefficient (Wildman–Crippen LogP) is 2.32. The Bertz CT molecular complexity index is 238. The first-order chi connectivity index (χ1) is 9.26. The topological polar surface area (TPSA) is 18.5 Å². The number of rotatable bonds is 5. The average molecular weight is 267 g/mol. The highest BCUT2D eigenvalue weighted by atomic mass is 15.2. The first-order valence-electron chi connectivity index (χ1n) is 8.41. The van der Waals surface area contributed by atoms with Crippen LogP contribution in [0.4, 0.5) is 0 Å². The summed E-state index contributed by atoms with van der Waals surface area (Å²) < 4.78 is 0. The second-order valence-corrected chi connectivity index (χ2v) is 6.41. The summed E-state index contributed by atoms with van der Waals surface area (Å²) >= 11 is 0. The molecule has 0 radical (unpaired) electrons. The van der Waals surface area contributed by atoms with E-state index in [1.54, 1.807) is 0 Å². The zero-order valence-corrected chi connectivity index (χ0v) is 13.2. The van der Waals surface area contributed by atoms with E-state index in [1.165, 1.54) is 64.7 Å². The van der Waals surface area contributed by atoms with Crippen molar-refractivity contribution < 1.29 is 0 Å². The first kappa shape index (κ1) is 15.3. The smallest absolute Gasteiger partial charge is 0.0220 e. The van der Waals surface area contributed by atoms with Gasteiger partial charge in [-0.1, -0.05) is 13.3 Å². The van der Waals surface area contributed by atoms with Crippen LogP contribution < -0.4 is 5.32 Å². The molecule has 0 aliphatic carbocycles. The summed E-state index contributed by atoms with van der Waals surface area (Å²) in [7, 11) is 2.10. The molecule has 112 valence electrons. The molecule has 3 heteroatoms. The maximum Gasteiger partial charge on any atom is 0.0220 e. The molecule has 2 fully saturated rings. The van der Waals surface area contributed by atoms with E-state index in [0.717, 1.165) is 6.04 Å². The Kier molecular flexibility index (Phi) is 6.11. The van der Waals surface area contributed by atoms with Crippen LogP contribution in [0.2, 0.25) is 0 Å². The van der Waals surface area contributed by atoms with Crippen LogP contribution >= 0.6 is 0 Å². The van der Waals surface area contributed by atoms with Crippen molar-refractivity contribution in [2.75, 3.05) is 33.2 Å². The van der Waals surface area contributed by atoms with Crippen LogP contribution in [0.3, 0.4) is 0 Å². The fourth-order valence-electron chi connectivity index (χ4n) is 3.98. The number of likely N-dealkylation sites (N-methyl/N-ethyl adjacent to an activating group) is 1. The van der Waals surface area contributed by atoms with Crippen LogP contribution in [0, 0.1) is 0 Å². The molecule has 0 bridgehead atoms. The average Bonchev–Trinajstić information content (AvgIpc) is 2.49. The van der Waals surface area contributed by atoms with Gasteiger partial charge in [0.05, 0.1) is 0 Å². The number of piperidine rings is 2. The Morgan fingerprint density at radius 3 is 2.21 bits per heavy atom. The lowest BCUT2D eigenvalue weighted by atomic mass is 9.97. The van der Waals surface area contributed by atoms with E-state index in [4.69, 9.17) is 0 Å². The minimum absolute atomic E-state index is 0.645. The predicted molar refractivity (Wildman–Crippen MR) is 82.6 cm³/mol. The number of nitrogens with one attached hydrogen (secondary N) is 1. The normalized spacial score (nSPS) is 27.3. The van der Waals surface area contributed by atoms with Crippen molar-refractivity contribution in [3.63, 3.8) is 0 Å². The maximum absolute atomic E-state index is 3.47. The summed E-state index contributed by atoms with van der Waals surface area (Å²) in [5, 5.41) is 3.47. The molecule has 0 spiro atoms. The lowest BCUT2D eigenvalue weighted by molar-refractivity contribution is 0.0664. The van der Waals surface area contributed by atoms with Crippen molar-refractivity contribution in [3.8, 4) is 0 Å². The highest BCUT2D eigenvalue weighted by Gasteiger charge is 2.29. The third-order valence-electron chi connectivity index (χ3n) is 5.38. The molecule has 0 amide bonds. The summed E-state index contributed by atoms with van der Waals surface area (Å²) in [5.41, 5.74) is 0. The van der Waals surface area contributed by atoms with Crippen molar-refractivity contribution in [1.82, 2.24) is 15.1 Å². The SMILES string of the molecule is CCC(NC)C(C)N1CCC(N2CCCCC2)CC1. The Labute approximate surface area is 119 Å². The van der Waals surface area contributed by atoms with E-state index in [9.17, 15) is 0 Å². The van der Waals surface area contributed by atoms with Crippen LogP contribution in [-0.2, 0) is 0 Å². The quantitative estimate of drug-likeness (QED) is 0.825. The van der Waals surface area contributed by atoms with E-state index in [-0.39, 0.29) is 0 Å². The molecule has 2 rings (SSSR count). The van der Waals surface area contributed by atoms with Gasteiger partial charge in [0, 0.05) is 18.1 Å². The third kappa shape index (κ3) is 3.93. The van der Waals surface area contributed by atoms with E-state index in [2.05, 4.69) is 36.0 Å². The minimum atomic E-state index is 0.645. The molecule has 2 heterocycles. The second-order valence-electron chi connectivity index (χ2n) is 6.41. The van der Waals surface area contributed by atoms with Crippen molar-refractivity contribution in [1.29, 1.82) is 0 Å². The zero-order valence-electron chi connectivity index (χ0n) is 13.2. The summed E-state index contributed by atoms with van der Waals surface area (Å²) in [6.07, 6.45) is 8.29. The molecule has 2 unspecified atom stereocenters. The van der Waals surface area contributed by atoms with Crippen LogP contribution in [0.1, 0.15) is 52.4 Å². The van der Waals surface area contributed by atoms with Gasteiger partial charge in [-0.3, -0.25) is 4.90 Å². The van der Waals surface area contributed by atoms with Crippen LogP contribution in [-0.4, -0.2) is 61.2 Å². The second kappa shape index (κ2) is 7.61. The maximum atomic E-state index is 3.47. The molecule has 0 aromatic heterocycles. The van der Waals surface area contributed by atoms with Crippen molar-refractivity contribution in [3.05, 3.63) is 0 Å². The first-order valence-corrected chi connectivity index (χ1v) is 8.41. The highest BCUT2D eigenvalue weighted by Crippen LogP contribution is 2.22. The molecule has 2 aliphatic heterocycles. The van der Waals surface area contributed by atoms with Crippen LogP contribution in [0.15, 0.2) is 0 Å². The molecular weight excluding hydrogens is 234 g/mol. The van der Waals surface area contributed by atoms with Crippen LogP contribution in [0.25, 0.3) is 0 Å². The monoisotopic (exact) mass is 267 g/mol. The molecule has 3 nitrogen and oxygen atoms in total. The number of hydrogen-bond donors (Lipinski definition) is 1. The van der Waals surface area contributed by atoms with Crippen molar-refractivity contribution in [2.45, 2.75) is 70.5 Å². The molecule has 0 saturated carbocycles. The molecule has 2 aliphatic rings. The van der Waals surface area contributed by atoms with E-state index in [1.807, 2.05) is 0 Å². The fraction of sp³-hybridized carbons (Fsp3) is 1.00. The van der Waals surface area contributed by atoms with Gasteiger partial charge in [-0.15, -0.1) is 0 Å². The van der Waals surface area contributed by atoms with E-state index >= 15 is 0 Å². The number of hydrogen-bond acceptors (Lipinski definition) is 3. The lowest BCUT2D eigenvalue weighted by Crippen LogP contribution is -2.53. The molecule has 19 heavy (non-hydrogen) atoms. The van der Waals surface area contributed by atoms with Gasteiger partial charge in [-0.25, -0.2) is 0 Å². The van der Waals surface area contributed by atoms with Gasteiger partial charge in [0.2, 0.25) is 0 Å². The van der Waals surface area contributed by atoms with E-state index in [0.29, 0.717) is 12.1 Å². The molecule has 0 aromatic rings. The van der Waals surface area contributed by atoms with Crippen LogP contribution in [0.5, 0.6) is 0 Å². The minimum Gasteiger partial charge on any atom is -0.315 e. The highest BCUT2D eigenvalue weighted by molar-refractivity contribution is 4.86. The fourth-order valence-corrected chi connectivity index (χ4v) is 3.98. The Balaban J connectivity index is 1.78. The zero-order chi connectivity index (χ0) is 13.7. The largest absolute Gasteiger partial charge is 0.315 e. The Hall–Kier alpha value is -0.120. The van der Waals surface area contributed by atoms with Gasteiger partial charge in [-0.05, 0) is 72.3 Å².